The highest BCUT2D eigenvalue weighted by Gasteiger charge is 2.14. The van der Waals surface area contributed by atoms with E-state index in [2.05, 4.69) is 4.98 Å². The van der Waals surface area contributed by atoms with Crippen LogP contribution in [-0.2, 0) is 17.8 Å². The summed E-state index contributed by atoms with van der Waals surface area (Å²) in [6.07, 6.45) is 2.33. The Kier molecular flexibility index (Phi) is 7.18. The number of rotatable bonds is 8. The van der Waals surface area contributed by atoms with Gasteiger partial charge in [-0.05, 0) is 42.8 Å². The molecule has 5 nitrogen and oxygen atoms in total. The number of hydrogen-bond acceptors (Lipinski definition) is 4. The zero-order valence-electron chi connectivity index (χ0n) is 16.3. The van der Waals surface area contributed by atoms with Crippen molar-refractivity contribution in [2.45, 2.75) is 26.3 Å². The first-order chi connectivity index (χ1) is 14.0. The van der Waals surface area contributed by atoms with Gasteiger partial charge in [-0.2, -0.15) is 0 Å². The Hall–Kier alpha value is -2.50. The molecule has 0 fully saturated rings. The van der Waals surface area contributed by atoms with Gasteiger partial charge in [-0.25, -0.2) is 4.98 Å². The molecule has 0 saturated carbocycles. The molecule has 3 rings (SSSR count). The largest absolute Gasteiger partial charge is 0.494 e. The highest BCUT2D eigenvalue weighted by atomic mass is 35.5. The SMILES string of the molecule is CCOc1ccc(CN(C)C(=O)CCc2ncc(-c3ccc(Cl)cc3Cl)o2)cc1. The number of hydrogen-bond donors (Lipinski definition) is 0. The molecule has 0 aliphatic carbocycles. The van der Waals surface area contributed by atoms with E-state index in [4.69, 9.17) is 32.4 Å². The number of carbonyl (C=O) groups excluding carboxylic acids is 1. The van der Waals surface area contributed by atoms with Crippen LogP contribution in [0.5, 0.6) is 5.75 Å². The van der Waals surface area contributed by atoms with Gasteiger partial charge < -0.3 is 14.1 Å². The monoisotopic (exact) mass is 432 g/mol. The first-order valence-corrected chi connectivity index (χ1v) is 10.1. The van der Waals surface area contributed by atoms with Crippen LogP contribution in [0.2, 0.25) is 10.0 Å². The van der Waals surface area contributed by atoms with Crippen molar-refractivity contribution < 1.29 is 13.9 Å². The summed E-state index contributed by atoms with van der Waals surface area (Å²) in [7, 11) is 1.78. The van der Waals surface area contributed by atoms with Crippen molar-refractivity contribution in [1.82, 2.24) is 9.88 Å². The highest BCUT2D eigenvalue weighted by Crippen LogP contribution is 2.30. The minimum Gasteiger partial charge on any atom is -0.494 e. The van der Waals surface area contributed by atoms with Gasteiger partial charge in [0.15, 0.2) is 11.7 Å². The van der Waals surface area contributed by atoms with E-state index in [-0.39, 0.29) is 5.91 Å². The van der Waals surface area contributed by atoms with Crippen molar-refractivity contribution in [3.8, 4) is 17.1 Å². The minimum absolute atomic E-state index is 0.0168. The number of nitrogens with zero attached hydrogens (tertiary/aromatic N) is 2. The second-order valence-corrected chi connectivity index (χ2v) is 7.41. The Morgan fingerprint density at radius 2 is 1.93 bits per heavy atom. The van der Waals surface area contributed by atoms with E-state index in [1.165, 1.54) is 0 Å². The molecule has 152 valence electrons. The number of amides is 1. The van der Waals surface area contributed by atoms with E-state index in [0.29, 0.717) is 53.3 Å². The molecule has 1 amide bonds. The number of oxazole rings is 1. The summed E-state index contributed by atoms with van der Waals surface area (Å²) in [6.45, 7) is 3.11. The van der Waals surface area contributed by atoms with Gasteiger partial charge in [0, 0.05) is 37.0 Å². The zero-order chi connectivity index (χ0) is 20.8. The third kappa shape index (κ3) is 5.75. The maximum absolute atomic E-state index is 12.5. The van der Waals surface area contributed by atoms with E-state index in [0.717, 1.165) is 11.3 Å². The van der Waals surface area contributed by atoms with Crippen LogP contribution in [0.3, 0.4) is 0 Å². The standard InChI is InChI=1S/C22H22Cl2N2O3/c1-3-28-17-7-4-15(5-8-17)14-26(2)22(27)11-10-21-25-13-20(29-21)18-9-6-16(23)12-19(18)24/h4-9,12-13H,3,10-11,14H2,1-2H3. The van der Waals surface area contributed by atoms with Crippen LogP contribution in [0, 0.1) is 0 Å². The summed E-state index contributed by atoms with van der Waals surface area (Å²) in [4.78, 5) is 18.4. The van der Waals surface area contributed by atoms with Crippen LogP contribution in [0.25, 0.3) is 11.3 Å². The Morgan fingerprint density at radius 3 is 2.62 bits per heavy atom. The quantitative estimate of drug-likeness (QED) is 0.462. The molecule has 0 aliphatic rings. The second-order valence-electron chi connectivity index (χ2n) is 6.57. The summed E-state index contributed by atoms with van der Waals surface area (Å²) in [5.74, 6) is 1.89. The van der Waals surface area contributed by atoms with Crippen LogP contribution in [-0.4, -0.2) is 29.4 Å². The third-order valence-electron chi connectivity index (χ3n) is 4.38. The summed E-state index contributed by atoms with van der Waals surface area (Å²) in [6, 6.07) is 12.9. The first-order valence-electron chi connectivity index (χ1n) is 9.32. The molecular formula is C22H22Cl2N2O3. The number of halogens is 2. The van der Waals surface area contributed by atoms with Crippen LogP contribution in [0.15, 0.2) is 53.1 Å². The van der Waals surface area contributed by atoms with Crippen molar-refractivity contribution in [2.24, 2.45) is 0 Å². The highest BCUT2D eigenvalue weighted by molar-refractivity contribution is 6.36. The lowest BCUT2D eigenvalue weighted by Crippen LogP contribution is -2.26. The Morgan fingerprint density at radius 1 is 1.17 bits per heavy atom. The van der Waals surface area contributed by atoms with Gasteiger partial charge in [-0.15, -0.1) is 0 Å². The summed E-state index contributed by atoms with van der Waals surface area (Å²) in [5, 5.41) is 1.05. The van der Waals surface area contributed by atoms with Gasteiger partial charge in [0.05, 0.1) is 17.8 Å². The lowest BCUT2D eigenvalue weighted by molar-refractivity contribution is -0.130. The van der Waals surface area contributed by atoms with Crippen molar-refractivity contribution >= 4 is 29.1 Å². The maximum Gasteiger partial charge on any atom is 0.223 e. The molecule has 0 saturated heterocycles. The summed E-state index contributed by atoms with van der Waals surface area (Å²) in [5.41, 5.74) is 1.76. The minimum atomic E-state index is 0.0168. The van der Waals surface area contributed by atoms with Crippen molar-refractivity contribution in [1.29, 1.82) is 0 Å². The van der Waals surface area contributed by atoms with Crippen LogP contribution in [0.4, 0.5) is 0 Å². The fraction of sp³-hybridized carbons (Fsp3) is 0.273. The Bertz CT molecular complexity index is 970. The second kappa shape index (κ2) is 9.81. The Balaban J connectivity index is 1.54. The third-order valence-corrected chi connectivity index (χ3v) is 4.93. The topological polar surface area (TPSA) is 55.6 Å². The molecule has 0 spiro atoms. The number of ether oxygens (including phenoxy) is 1. The molecule has 29 heavy (non-hydrogen) atoms. The summed E-state index contributed by atoms with van der Waals surface area (Å²) < 4.78 is 11.2. The number of aromatic nitrogens is 1. The molecule has 7 heteroatoms. The van der Waals surface area contributed by atoms with Crippen LogP contribution < -0.4 is 4.74 Å². The molecule has 1 aromatic heterocycles. The normalized spacial score (nSPS) is 10.8. The molecule has 0 radical (unpaired) electrons. The Labute approximate surface area is 180 Å². The van der Waals surface area contributed by atoms with Crippen molar-refractivity contribution in [3.63, 3.8) is 0 Å². The molecule has 1 heterocycles. The number of benzene rings is 2. The van der Waals surface area contributed by atoms with Gasteiger partial charge in [0.25, 0.3) is 0 Å². The van der Waals surface area contributed by atoms with Gasteiger partial charge >= 0.3 is 0 Å². The molecule has 0 aliphatic heterocycles. The lowest BCUT2D eigenvalue weighted by atomic mass is 10.2. The summed E-state index contributed by atoms with van der Waals surface area (Å²) >= 11 is 12.1. The molecule has 0 atom stereocenters. The van der Waals surface area contributed by atoms with E-state index < -0.39 is 0 Å². The first kappa shape index (κ1) is 21.2. The predicted octanol–water partition coefficient (Wildman–Crippen LogP) is 5.64. The van der Waals surface area contributed by atoms with Gasteiger partial charge in [0.1, 0.15) is 5.75 Å². The molecule has 0 bridgehead atoms. The van der Waals surface area contributed by atoms with E-state index in [1.54, 1.807) is 36.3 Å². The van der Waals surface area contributed by atoms with Crippen LogP contribution in [0.1, 0.15) is 24.8 Å². The van der Waals surface area contributed by atoms with Crippen LogP contribution >= 0.6 is 23.2 Å². The molecular weight excluding hydrogens is 411 g/mol. The number of carbonyl (C=O) groups is 1. The van der Waals surface area contributed by atoms with Gasteiger partial charge in [-0.3, -0.25) is 4.79 Å². The molecule has 3 aromatic rings. The molecule has 0 N–H and O–H groups in total. The fourth-order valence-electron chi connectivity index (χ4n) is 2.86. The van der Waals surface area contributed by atoms with E-state index in [9.17, 15) is 4.79 Å². The van der Waals surface area contributed by atoms with Crippen molar-refractivity contribution in [2.75, 3.05) is 13.7 Å². The average molecular weight is 433 g/mol. The van der Waals surface area contributed by atoms with Crippen molar-refractivity contribution in [3.05, 3.63) is 70.2 Å². The molecule has 2 aromatic carbocycles. The lowest BCUT2D eigenvalue weighted by Gasteiger charge is -2.17. The maximum atomic E-state index is 12.5. The average Bonchev–Trinajstić information content (AvgIpc) is 3.16. The van der Waals surface area contributed by atoms with Gasteiger partial charge in [0.2, 0.25) is 5.91 Å². The predicted molar refractivity (Wildman–Crippen MR) is 114 cm³/mol. The number of aryl methyl sites for hydroxylation is 1. The van der Waals surface area contributed by atoms with E-state index >= 15 is 0 Å². The van der Waals surface area contributed by atoms with E-state index in [1.807, 2.05) is 31.2 Å². The zero-order valence-corrected chi connectivity index (χ0v) is 17.8. The fourth-order valence-corrected chi connectivity index (χ4v) is 3.37. The molecule has 0 unspecified atom stereocenters. The smallest absolute Gasteiger partial charge is 0.223 e. The van der Waals surface area contributed by atoms with Gasteiger partial charge in [-0.1, -0.05) is 35.3 Å².